The van der Waals surface area contributed by atoms with Crippen LogP contribution in [-0.4, -0.2) is 24.3 Å². The Morgan fingerprint density at radius 3 is 2.49 bits per heavy atom. The lowest BCUT2D eigenvalue weighted by molar-refractivity contribution is -0.139. The number of esters is 1. The van der Waals surface area contributed by atoms with Crippen molar-refractivity contribution < 1.29 is 23.6 Å². The molecule has 1 atom stereocenters. The predicted octanol–water partition coefficient (Wildman–Crippen LogP) is 7.48. The minimum Gasteiger partial charge on any atom is -0.469 e. The van der Waals surface area contributed by atoms with E-state index in [2.05, 4.69) is 16.5 Å². The molecule has 39 heavy (non-hydrogen) atoms. The van der Waals surface area contributed by atoms with Gasteiger partial charge in [-0.2, -0.15) is 0 Å². The lowest BCUT2D eigenvalue weighted by Gasteiger charge is -2.15. The van der Waals surface area contributed by atoms with Gasteiger partial charge in [0.15, 0.2) is 5.76 Å². The first-order chi connectivity index (χ1) is 18.9. The molecule has 1 aliphatic rings. The molecule has 0 spiro atoms. The molecule has 0 saturated heterocycles. The number of aromatic nitrogens is 1. The van der Waals surface area contributed by atoms with Crippen molar-refractivity contribution in [3.8, 4) is 22.5 Å². The van der Waals surface area contributed by atoms with Crippen molar-refractivity contribution >= 4 is 29.4 Å². The molecule has 4 aromatic rings. The third-order valence-corrected chi connectivity index (χ3v) is 7.46. The van der Waals surface area contributed by atoms with Crippen LogP contribution >= 0.6 is 11.6 Å². The molecule has 0 radical (unpaired) electrons. The van der Waals surface area contributed by atoms with E-state index in [-0.39, 0.29) is 12.4 Å². The standard InChI is InChI=1S/C31H29ClN2O5/c1-18-29(33-31(36)38-19(2)23-7-4-5-10-27(23)32)30(39-34-18)21-13-11-20(12-14-21)25-16-15-22(17-28(35)37-3)24-8-6-9-26(24)25/h4-5,7,10-16,19H,6,8-9,17H2,1-3H3,(H,33,36)/t19-/m1/s1. The quantitative estimate of drug-likeness (QED) is 0.242. The van der Waals surface area contributed by atoms with Crippen LogP contribution < -0.4 is 5.32 Å². The fourth-order valence-electron chi connectivity index (χ4n) is 5.12. The van der Waals surface area contributed by atoms with Crippen molar-refractivity contribution in [1.29, 1.82) is 0 Å². The SMILES string of the molecule is COC(=O)Cc1ccc(-c2ccc(-c3onc(C)c3NC(=O)O[C@H](C)c3ccccc3Cl)cc2)c2c1CCC2. The molecule has 0 bridgehead atoms. The maximum absolute atomic E-state index is 12.7. The molecule has 5 rings (SSSR count). The van der Waals surface area contributed by atoms with Gasteiger partial charge in [0.25, 0.3) is 0 Å². The number of nitrogens with zero attached hydrogens (tertiary/aromatic N) is 1. The minimum atomic E-state index is -0.630. The van der Waals surface area contributed by atoms with Gasteiger partial charge in [-0.25, -0.2) is 4.79 Å². The molecule has 0 aliphatic heterocycles. The summed E-state index contributed by atoms with van der Waals surface area (Å²) < 4.78 is 16.0. The molecule has 0 fully saturated rings. The Hall–Kier alpha value is -4.10. The lowest BCUT2D eigenvalue weighted by Crippen LogP contribution is -2.17. The second-order valence-corrected chi connectivity index (χ2v) is 9.99. The number of hydrogen-bond acceptors (Lipinski definition) is 6. The molecular formula is C31H29ClN2O5. The highest BCUT2D eigenvalue weighted by Crippen LogP contribution is 2.37. The third kappa shape index (κ3) is 5.54. The number of carbonyl (C=O) groups is 2. The second kappa shape index (κ2) is 11.3. The number of aryl methyl sites for hydroxylation is 1. The Morgan fingerprint density at radius 2 is 1.74 bits per heavy atom. The zero-order valence-corrected chi connectivity index (χ0v) is 22.8. The molecule has 0 saturated carbocycles. The average molecular weight is 545 g/mol. The Labute approximate surface area is 232 Å². The first-order valence-electron chi connectivity index (χ1n) is 12.8. The molecule has 1 aliphatic carbocycles. The summed E-state index contributed by atoms with van der Waals surface area (Å²) in [4.78, 5) is 24.6. The van der Waals surface area contributed by atoms with Crippen molar-refractivity contribution in [1.82, 2.24) is 5.16 Å². The molecule has 1 N–H and O–H groups in total. The van der Waals surface area contributed by atoms with Gasteiger partial charge >= 0.3 is 12.1 Å². The van der Waals surface area contributed by atoms with Gasteiger partial charge in [0.1, 0.15) is 17.5 Å². The lowest BCUT2D eigenvalue weighted by atomic mass is 9.92. The Bertz CT molecular complexity index is 1530. The molecule has 200 valence electrons. The van der Waals surface area contributed by atoms with E-state index in [9.17, 15) is 9.59 Å². The molecule has 1 heterocycles. The summed E-state index contributed by atoms with van der Waals surface area (Å²) >= 11 is 6.24. The van der Waals surface area contributed by atoms with Gasteiger partial charge in [-0.15, -0.1) is 0 Å². The number of halogens is 1. The van der Waals surface area contributed by atoms with Gasteiger partial charge in [-0.1, -0.05) is 71.4 Å². The van der Waals surface area contributed by atoms with E-state index in [1.807, 2.05) is 48.5 Å². The van der Waals surface area contributed by atoms with E-state index >= 15 is 0 Å². The summed E-state index contributed by atoms with van der Waals surface area (Å²) in [6, 6.07) is 19.3. The number of methoxy groups -OCH3 is 1. The highest BCUT2D eigenvalue weighted by molar-refractivity contribution is 6.31. The molecule has 3 aromatic carbocycles. The van der Waals surface area contributed by atoms with Crippen LogP contribution in [0.3, 0.4) is 0 Å². The fraction of sp³-hybridized carbons (Fsp3) is 0.258. The first kappa shape index (κ1) is 26.5. The number of fused-ring (bicyclic) bond motifs is 1. The smallest absolute Gasteiger partial charge is 0.412 e. The van der Waals surface area contributed by atoms with Gasteiger partial charge in [0, 0.05) is 16.1 Å². The van der Waals surface area contributed by atoms with E-state index in [1.165, 1.54) is 18.2 Å². The van der Waals surface area contributed by atoms with E-state index in [0.29, 0.717) is 22.2 Å². The van der Waals surface area contributed by atoms with Gasteiger partial charge in [-0.3, -0.25) is 10.1 Å². The van der Waals surface area contributed by atoms with E-state index < -0.39 is 12.2 Å². The highest BCUT2D eigenvalue weighted by Gasteiger charge is 2.23. The molecule has 7 nitrogen and oxygen atoms in total. The predicted molar refractivity (Wildman–Crippen MR) is 150 cm³/mol. The topological polar surface area (TPSA) is 90.7 Å². The number of benzene rings is 3. The summed E-state index contributed by atoms with van der Waals surface area (Å²) in [6.07, 6.45) is 2.13. The van der Waals surface area contributed by atoms with Crippen LogP contribution in [0.15, 0.2) is 65.2 Å². The van der Waals surface area contributed by atoms with Crippen LogP contribution in [0.2, 0.25) is 5.02 Å². The van der Waals surface area contributed by atoms with Gasteiger partial charge in [-0.05, 0) is 67.0 Å². The summed E-state index contributed by atoms with van der Waals surface area (Å²) in [7, 11) is 1.42. The Morgan fingerprint density at radius 1 is 1.03 bits per heavy atom. The normalized spacial score (nSPS) is 13.0. The van der Waals surface area contributed by atoms with Crippen LogP contribution in [0, 0.1) is 6.92 Å². The third-order valence-electron chi connectivity index (χ3n) is 7.12. The number of nitrogens with one attached hydrogen (secondary N) is 1. The van der Waals surface area contributed by atoms with Crippen LogP contribution in [0.5, 0.6) is 0 Å². The van der Waals surface area contributed by atoms with E-state index in [1.54, 1.807) is 19.9 Å². The Balaban J connectivity index is 1.35. The number of carbonyl (C=O) groups excluding carboxylic acids is 2. The van der Waals surface area contributed by atoms with Gasteiger partial charge in [0.05, 0.1) is 13.5 Å². The monoisotopic (exact) mass is 544 g/mol. The summed E-state index contributed by atoms with van der Waals surface area (Å²) in [5.41, 5.74) is 8.29. The van der Waals surface area contributed by atoms with Crippen LogP contribution in [-0.2, 0) is 33.5 Å². The summed E-state index contributed by atoms with van der Waals surface area (Å²) in [5.74, 6) is 0.218. The summed E-state index contributed by atoms with van der Waals surface area (Å²) in [5, 5.41) is 7.38. The van der Waals surface area contributed by atoms with Crippen LogP contribution in [0.1, 0.15) is 47.4 Å². The number of rotatable bonds is 7. The largest absolute Gasteiger partial charge is 0.469 e. The van der Waals surface area contributed by atoms with Crippen LogP contribution in [0.4, 0.5) is 10.5 Å². The number of ether oxygens (including phenoxy) is 2. The zero-order chi connectivity index (χ0) is 27.5. The number of anilines is 1. The molecule has 0 unspecified atom stereocenters. The summed E-state index contributed by atoms with van der Waals surface area (Å²) in [6.45, 7) is 3.52. The van der Waals surface area contributed by atoms with Gasteiger partial charge < -0.3 is 14.0 Å². The molecule has 1 aromatic heterocycles. The maximum atomic E-state index is 12.7. The fourth-order valence-corrected chi connectivity index (χ4v) is 5.41. The number of hydrogen-bond donors (Lipinski definition) is 1. The van der Waals surface area contributed by atoms with E-state index in [0.717, 1.165) is 47.1 Å². The van der Waals surface area contributed by atoms with Crippen molar-refractivity contribution in [3.05, 3.63) is 93.6 Å². The van der Waals surface area contributed by atoms with Crippen LogP contribution in [0.25, 0.3) is 22.5 Å². The van der Waals surface area contributed by atoms with Gasteiger partial charge in [0.2, 0.25) is 0 Å². The van der Waals surface area contributed by atoms with Crippen molar-refractivity contribution in [2.75, 3.05) is 12.4 Å². The van der Waals surface area contributed by atoms with Crippen molar-refractivity contribution in [2.45, 2.75) is 45.6 Å². The molecule has 1 amide bonds. The Kier molecular flexibility index (Phi) is 7.70. The second-order valence-electron chi connectivity index (χ2n) is 9.58. The van der Waals surface area contributed by atoms with Crippen molar-refractivity contribution in [3.63, 3.8) is 0 Å². The minimum absolute atomic E-state index is 0.227. The van der Waals surface area contributed by atoms with E-state index in [4.69, 9.17) is 25.6 Å². The average Bonchev–Trinajstić information content (AvgIpc) is 3.57. The zero-order valence-electron chi connectivity index (χ0n) is 22.0. The van der Waals surface area contributed by atoms with Crippen molar-refractivity contribution in [2.24, 2.45) is 0 Å². The first-order valence-corrected chi connectivity index (χ1v) is 13.2. The molecular weight excluding hydrogens is 516 g/mol. The maximum Gasteiger partial charge on any atom is 0.412 e. The highest BCUT2D eigenvalue weighted by atomic mass is 35.5. The molecule has 8 heteroatoms. The number of amides is 1.